The summed E-state index contributed by atoms with van der Waals surface area (Å²) in [5.41, 5.74) is 5.06. The molecule has 0 aromatic heterocycles. The van der Waals surface area contributed by atoms with E-state index in [2.05, 4.69) is 5.32 Å². The number of carbonyl (C=O) groups is 2. The summed E-state index contributed by atoms with van der Waals surface area (Å²) in [7, 11) is 0. The lowest BCUT2D eigenvalue weighted by molar-refractivity contribution is -0.139. The van der Waals surface area contributed by atoms with Crippen LogP contribution in [0, 0.1) is 28.9 Å². The van der Waals surface area contributed by atoms with Gasteiger partial charge in [-0.15, -0.1) is 0 Å². The summed E-state index contributed by atoms with van der Waals surface area (Å²) in [6, 6.07) is 3.24. The summed E-state index contributed by atoms with van der Waals surface area (Å²) in [6.45, 7) is 11.2. The quantitative estimate of drug-likeness (QED) is 0.806. The largest absolute Gasteiger partial charge is 0.369 e. The first-order chi connectivity index (χ1) is 11.7. The highest BCUT2D eigenvalue weighted by molar-refractivity contribution is 5.87. The molecule has 1 aromatic carbocycles. The van der Waals surface area contributed by atoms with Crippen LogP contribution < -0.4 is 11.1 Å². The molecule has 1 rings (SSSR count). The van der Waals surface area contributed by atoms with E-state index in [1.165, 1.54) is 12.1 Å². The van der Waals surface area contributed by atoms with Gasteiger partial charge in [0.2, 0.25) is 11.8 Å². The van der Waals surface area contributed by atoms with Crippen LogP contribution in [0.4, 0.5) is 8.78 Å². The highest BCUT2D eigenvalue weighted by Crippen LogP contribution is 2.35. The standard InChI is InChI=1S/C20H30F2N2O2/c1-19(2,3)16(18(26)24-20(4,5)6)15(17(23)25)8-7-12-9-13(21)11-14(22)10-12/h9-11,15-16H,7-8H2,1-6H3,(H2,23,25)(H,24,26)/t15?,16-/m1/s1. The van der Waals surface area contributed by atoms with Crippen LogP contribution in [-0.4, -0.2) is 17.4 Å². The van der Waals surface area contributed by atoms with Gasteiger partial charge in [0.1, 0.15) is 11.6 Å². The van der Waals surface area contributed by atoms with Gasteiger partial charge in [-0.1, -0.05) is 20.8 Å². The highest BCUT2D eigenvalue weighted by atomic mass is 19.1. The van der Waals surface area contributed by atoms with E-state index in [0.29, 0.717) is 5.56 Å². The van der Waals surface area contributed by atoms with E-state index in [1.54, 1.807) is 0 Å². The number of nitrogens with one attached hydrogen (secondary N) is 1. The number of hydrogen-bond donors (Lipinski definition) is 2. The Balaban J connectivity index is 3.08. The molecule has 1 aromatic rings. The number of hydrogen-bond acceptors (Lipinski definition) is 2. The van der Waals surface area contributed by atoms with E-state index in [0.717, 1.165) is 6.07 Å². The summed E-state index contributed by atoms with van der Waals surface area (Å²) in [6.07, 6.45) is 0.482. The van der Waals surface area contributed by atoms with Gasteiger partial charge in [-0.2, -0.15) is 0 Å². The predicted molar refractivity (Wildman–Crippen MR) is 98.2 cm³/mol. The molecule has 0 spiro atoms. The molecule has 0 saturated carbocycles. The molecule has 3 N–H and O–H groups in total. The van der Waals surface area contributed by atoms with Crippen LogP contribution in [0.25, 0.3) is 0 Å². The fraction of sp³-hybridized carbons (Fsp3) is 0.600. The third-order valence-electron chi connectivity index (χ3n) is 4.15. The number of amides is 2. The molecule has 2 amide bonds. The molecule has 0 radical (unpaired) electrons. The van der Waals surface area contributed by atoms with E-state index in [4.69, 9.17) is 5.73 Å². The van der Waals surface area contributed by atoms with Crippen molar-refractivity contribution in [3.8, 4) is 0 Å². The molecule has 0 heterocycles. The number of halogens is 2. The Morgan fingerprint density at radius 1 is 1.04 bits per heavy atom. The van der Waals surface area contributed by atoms with Gasteiger partial charge in [-0.25, -0.2) is 8.78 Å². The number of rotatable bonds is 6. The van der Waals surface area contributed by atoms with E-state index in [-0.39, 0.29) is 18.7 Å². The Labute approximate surface area is 154 Å². The lowest BCUT2D eigenvalue weighted by Gasteiger charge is -2.36. The molecule has 6 heteroatoms. The molecule has 0 aliphatic rings. The number of benzene rings is 1. The first-order valence-electron chi connectivity index (χ1n) is 8.77. The SMILES string of the molecule is CC(C)(C)NC(=O)[C@@H](C(CCc1cc(F)cc(F)c1)C(N)=O)C(C)(C)C. The van der Waals surface area contributed by atoms with E-state index in [9.17, 15) is 18.4 Å². The van der Waals surface area contributed by atoms with Gasteiger partial charge >= 0.3 is 0 Å². The Bertz CT molecular complexity index is 641. The number of primary amides is 1. The maximum absolute atomic E-state index is 13.4. The van der Waals surface area contributed by atoms with E-state index in [1.807, 2.05) is 41.5 Å². The lowest BCUT2D eigenvalue weighted by Crippen LogP contribution is -2.51. The minimum absolute atomic E-state index is 0.234. The Morgan fingerprint density at radius 3 is 1.92 bits per heavy atom. The number of aryl methyl sites for hydroxylation is 1. The zero-order chi connectivity index (χ0) is 20.3. The van der Waals surface area contributed by atoms with E-state index >= 15 is 0 Å². The van der Waals surface area contributed by atoms with Crippen molar-refractivity contribution in [1.82, 2.24) is 5.32 Å². The van der Waals surface area contributed by atoms with Gasteiger partial charge < -0.3 is 11.1 Å². The van der Waals surface area contributed by atoms with Crippen LogP contribution in [-0.2, 0) is 16.0 Å². The molecule has 146 valence electrons. The van der Waals surface area contributed by atoms with Gasteiger partial charge in [-0.05, 0) is 56.7 Å². The summed E-state index contributed by atoms with van der Waals surface area (Å²) in [5.74, 6) is -3.59. The maximum Gasteiger partial charge on any atom is 0.224 e. The average Bonchev–Trinajstić information content (AvgIpc) is 2.38. The second-order valence-corrected chi connectivity index (χ2v) is 8.91. The van der Waals surface area contributed by atoms with Crippen molar-refractivity contribution < 1.29 is 18.4 Å². The third-order valence-corrected chi connectivity index (χ3v) is 4.15. The van der Waals surface area contributed by atoms with Gasteiger partial charge in [0, 0.05) is 11.6 Å². The van der Waals surface area contributed by atoms with Gasteiger partial charge in [0.25, 0.3) is 0 Å². The summed E-state index contributed by atoms with van der Waals surface area (Å²) < 4.78 is 26.8. The maximum atomic E-state index is 13.4. The second-order valence-electron chi connectivity index (χ2n) is 8.91. The zero-order valence-corrected chi connectivity index (χ0v) is 16.5. The molecular weight excluding hydrogens is 338 g/mol. The number of carbonyl (C=O) groups excluding carboxylic acids is 2. The van der Waals surface area contributed by atoms with Crippen LogP contribution in [0.5, 0.6) is 0 Å². The van der Waals surface area contributed by atoms with Crippen LogP contribution in [0.1, 0.15) is 53.5 Å². The Kier molecular flexibility index (Phi) is 6.91. The van der Waals surface area contributed by atoms with Crippen LogP contribution in [0.15, 0.2) is 18.2 Å². The fourth-order valence-electron chi connectivity index (χ4n) is 3.18. The van der Waals surface area contributed by atoms with Crippen LogP contribution >= 0.6 is 0 Å². The molecule has 0 bridgehead atoms. The van der Waals surface area contributed by atoms with Crippen molar-refractivity contribution in [2.75, 3.05) is 0 Å². The van der Waals surface area contributed by atoms with Crippen molar-refractivity contribution in [3.05, 3.63) is 35.4 Å². The average molecular weight is 368 g/mol. The summed E-state index contributed by atoms with van der Waals surface area (Å²) >= 11 is 0. The zero-order valence-electron chi connectivity index (χ0n) is 16.5. The van der Waals surface area contributed by atoms with Gasteiger partial charge in [0.05, 0.1) is 11.8 Å². The number of nitrogens with two attached hydrogens (primary N) is 1. The molecule has 4 nitrogen and oxygen atoms in total. The van der Waals surface area contributed by atoms with Crippen molar-refractivity contribution in [2.24, 2.45) is 23.0 Å². The molecule has 1 unspecified atom stereocenters. The molecule has 26 heavy (non-hydrogen) atoms. The minimum Gasteiger partial charge on any atom is -0.369 e. The predicted octanol–water partition coefficient (Wildman–Crippen LogP) is 3.58. The van der Waals surface area contributed by atoms with Crippen molar-refractivity contribution in [2.45, 2.75) is 59.9 Å². The summed E-state index contributed by atoms with van der Waals surface area (Å²) in [4.78, 5) is 24.9. The van der Waals surface area contributed by atoms with Crippen molar-refractivity contribution in [3.63, 3.8) is 0 Å². The summed E-state index contributed by atoms with van der Waals surface area (Å²) in [5, 5.41) is 2.91. The van der Waals surface area contributed by atoms with Crippen LogP contribution in [0.3, 0.4) is 0 Å². The molecule has 0 fully saturated rings. The fourth-order valence-corrected chi connectivity index (χ4v) is 3.18. The second kappa shape index (κ2) is 8.14. The minimum atomic E-state index is -0.747. The van der Waals surface area contributed by atoms with Gasteiger partial charge in [0.15, 0.2) is 0 Å². The van der Waals surface area contributed by atoms with Crippen molar-refractivity contribution in [1.29, 1.82) is 0 Å². The Hall–Kier alpha value is -1.98. The first kappa shape index (κ1) is 22.1. The molecule has 0 saturated heterocycles. The monoisotopic (exact) mass is 368 g/mol. The topological polar surface area (TPSA) is 72.2 Å². The molecule has 2 atom stereocenters. The molecule has 0 aliphatic heterocycles. The van der Waals surface area contributed by atoms with Crippen LogP contribution in [0.2, 0.25) is 0 Å². The van der Waals surface area contributed by atoms with Gasteiger partial charge in [-0.3, -0.25) is 9.59 Å². The highest BCUT2D eigenvalue weighted by Gasteiger charge is 2.41. The lowest BCUT2D eigenvalue weighted by atomic mass is 9.70. The Morgan fingerprint density at radius 2 is 1.54 bits per heavy atom. The first-order valence-corrected chi connectivity index (χ1v) is 8.77. The third kappa shape index (κ3) is 6.73. The smallest absolute Gasteiger partial charge is 0.224 e. The van der Waals surface area contributed by atoms with E-state index < -0.39 is 40.3 Å². The molecule has 0 aliphatic carbocycles. The van der Waals surface area contributed by atoms with Crippen molar-refractivity contribution >= 4 is 11.8 Å². The normalized spacial score (nSPS) is 14.6. The molecular formula is C20H30F2N2O2.